The SMILES string of the molecule is CCc1nn(C)cc1NC(=O)NC1CCCc2cn[nH]c21. The van der Waals surface area contributed by atoms with Gasteiger partial charge < -0.3 is 10.6 Å². The molecule has 0 radical (unpaired) electrons. The fraction of sp³-hybridized carbons (Fsp3) is 0.500. The van der Waals surface area contributed by atoms with Gasteiger partial charge in [-0.1, -0.05) is 6.92 Å². The van der Waals surface area contributed by atoms with Crippen LogP contribution in [-0.2, 0) is 19.9 Å². The number of rotatable bonds is 3. The zero-order valence-electron chi connectivity index (χ0n) is 12.3. The molecule has 1 aliphatic rings. The van der Waals surface area contributed by atoms with Crippen LogP contribution in [0.4, 0.5) is 10.5 Å². The molecule has 7 heteroatoms. The Morgan fingerprint density at radius 3 is 3.24 bits per heavy atom. The summed E-state index contributed by atoms with van der Waals surface area (Å²) < 4.78 is 1.71. The first-order chi connectivity index (χ1) is 10.2. The number of carbonyl (C=O) groups excluding carboxylic acids is 1. The number of nitrogens with zero attached hydrogens (tertiary/aromatic N) is 3. The third-order valence-corrected chi connectivity index (χ3v) is 3.83. The number of hydrogen-bond donors (Lipinski definition) is 3. The summed E-state index contributed by atoms with van der Waals surface area (Å²) in [6, 6.07) is -0.205. The van der Waals surface area contributed by atoms with Crippen LogP contribution in [0.25, 0.3) is 0 Å². The first-order valence-electron chi connectivity index (χ1n) is 7.29. The predicted molar refractivity (Wildman–Crippen MR) is 79.0 cm³/mol. The van der Waals surface area contributed by atoms with Crippen LogP contribution in [0.5, 0.6) is 0 Å². The highest BCUT2D eigenvalue weighted by Crippen LogP contribution is 2.27. The molecule has 0 spiro atoms. The highest BCUT2D eigenvalue weighted by Gasteiger charge is 2.23. The van der Waals surface area contributed by atoms with Gasteiger partial charge in [-0.3, -0.25) is 9.78 Å². The molecule has 0 aliphatic heterocycles. The Labute approximate surface area is 123 Å². The molecule has 2 aromatic heterocycles. The van der Waals surface area contributed by atoms with E-state index in [1.165, 1.54) is 5.56 Å². The summed E-state index contributed by atoms with van der Waals surface area (Å²) in [5.41, 5.74) is 3.87. The van der Waals surface area contributed by atoms with Gasteiger partial charge in [0, 0.05) is 13.2 Å². The van der Waals surface area contributed by atoms with Crippen LogP contribution in [0.15, 0.2) is 12.4 Å². The van der Waals surface area contributed by atoms with E-state index in [9.17, 15) is 4.79 Å². The Bertz CT molecular complexity index is 644. The quantitative estimate of drug-likeness (QED) is 0.806. The maximum atomic E-state index is 12.2. The summed E-state index contributed by atoms with van der Waals surface area (Å²) in [7, 11) is 1.85. The van der Waals surface area contributed by atoms with E-state index in [0.29, 0.717) is 0 Å². The number of aromatic amines is 1. The number of aryl methyl sites for hydroxylation is 3. The number of fused-ring (bicyclic) bond motifs is 1. The first kappa shape index (κ1) is 13.7. The van der Waals surface area contributed by atoms with Gasteiger partial charge in [-0.2, -0.15) is 10.2 Å². The summed E-state index contributed by atoms with van der Waals surface area (Å²) >= 11 is 0. The van der Waals surface area contributed by atoms with Gasteiger partial charge in [0.2, 0.25) is 0 Å². The number of amides is 2. The molecule has 0 bridgehead atoms. The molecule has 112 valence electrons. The zero-order valence-corrected chi connectivity index (χ0v) is 12.3. The number of H-pyrrole nitrogens is 1. The van der Waals surface area contributed by atoms with Crippen LogP contribution in [-0.4, -0.2) is 26.0 Å². The first-order valence-corrected chi connectivity index (χ1v) is 7.29. The van der Waals surface area contributed by atoms with Crippen molar-refractivity contribution in [2.24, 2.45) is 7.05 Å². The topological polar surface area (TPSA) is 87.6 Å². The monoisotopic (exact) mass is 288 g/mol. The maximum absolute atomic E-state index is 12.2. The molecule has 0 saturated heterocycles. The summed E-state index contributed by atoms with van der Waals surface area (Å²) in [6.07, 6.45) is 7.46. The molecule has 21 heavy (non-hydrogen) atoms. The van der Waals surface area contributed by atoms with Crippen LogP contribution in [0.3, 0.4) is 0 Å². The minimum Gasteiger partial charge on any atom is -0.330 e. The van der Waals surface area contributed by atoms with E-state index >= 15 is 0 Å². The summed E-state index contributed by atoms with van der Waals surface area (Å²) in [6.45, 7) is 2.02. The van der Waals surface area contributed by atoms with Crippen molar-refractivity contribution in [1.29, 1.82) is 0 Å². The number of anilines is 1. The fourth-order valence-corrected chi connectivity index (χ4v) is 2.82. The Hall–Kier alpha value is -2.31. The van der Waals surface area contributed by atoms with Gasteiger partial charge in [0.05, 0.1) is 29.3 Å². The Kier molecular flexibility index (Phi) is 3.64. The molecule has 0 saturated carbocycles. The summed E-state index contributed by atoms with van der Waals surface area (Å²) in [5, 5.41) is 17.3. The van der Waals surface area contributed by atoms with E-state index in [-0.39, 0.29) is 12.1 Å². The van der Waals surface area contributed by atoms with E-state index in [2.05, 4.69) is 25.9 Å². The highest BCUT2D eigenvalue weighted by atomic mass is 16.2. The van der Waals surface area contributed by atoms with Gasteiger partial charge in [0.15, 0.2) is 0 Å². The lowest BCUT2D eigenvalue weighted by molar-refractivity contribution is 0.246. The molecule has 0 fully saturated rings. The molecule has 1 atom stereocenters. The lowest BCUT2D eigenvalue weighted by Gasteiger charge is -2.22. The van der Waals surface area contributed by atoms with Crippen molar-refractivity contribution in [1.82, 2.24) is 25.3 Å². The van der Waals surface area contributed by atoms with Crippen molar-refractivity contribution in [3.8, 4) is 0 Å². The number of aromatic nitrogens is 4. The second kappa shape index (κ2) is 5.59. The lowest BCUT2D eigenvalue weighted by Crippen LogP contribution is -2.34. The van der Waals surface area contributed by atoms with Gasteiger partial charge in [-0.25, -0.2) is 4.79 Å². The van der Waals surface area contributed by atoms with E-state index in [0.717, 1.165) is 42.8 Å². The number of carbonyl (C=O) groups is 1. The van der Waals surface area contributed by atoms with E-state index in [4.69, 9.17) is 0 Å². The molecule has 0 aromatic carbocycles. The Morgan fingerprint density at radius 1 is 1.57 bits per heavy atom. The van der Waals surface area contributed by atoms with Gasteiger partial charge in [0.25, 0.3) is 0 Å². The van der Waals surface area contributed by atoms with E-state index in [1.807, 2.05) is 26.4 Å². The van der Waals surface area contributed by atoms with E-state index in [1.54, 1.807) is 4.68 Å². The normalized spacial score (nSPS) is 17.3. The standard InChI is InChI=1S/C14H20N6O/c1-3-10-12(8-20(2)19-10)17-14(21)16-11-6-4-5-9-7-15-18-13(9)11/h7-8,11H,3-6H2,1-2H3,(H,15,18)(H2,16,17,21). The Balaban J connectivity index is 1.68. The minimum absolute atomic E-state index is 0.00185. The van der Waals surface area contributed by atoms with Crippen LogP contribution in [0.2, 0.25) is 0 Å². The fourth-order valence-electron chi connectivity index (χ4n) is 2.82. The molecule has 1 unspecified atom stereocenters. The molecule has 2 aromatic rings. The summed E-state index contributed by atoms with van der Waals surface area (Å²) in [5.74, 6) is 0. The molecule has 2 heterocycles. The molecule has 1 aliphatic carbocycles. The number of hydrogen-bond acceptors (Lipinski definition) is 3. The van der Waals surface area contributed by atoms with Crippen LogP contribution in [0, 0.1) is 0 Å². The second-order valence-electron chi connectivity index (χ2n) is 5.37. The van der Waals surface area contributed by atoms with E-state index < -0.39 is 0 Å². The van der Waals surface area contributed by atoms with Gasteiger partial charge in [-0.15, -0.1) is 0 Å². The molecular weight excluding hydrogens is 268 g/mol. The second-order valence-corrected chi connectivity index (χ2v) is 5.37. The Morgan fingerprint density at radius 2 is 2.43 bits per heavy atom. The number of nitrogens with one attached hydrogen (secondary N) is 3. The third kappa shape index (κ3) is 2.76. The van der Waals surface area contributed by atoms with Crippen molar-refractivity contribution in [2.45, 2.75) is 38.6 Å². The summed E-state index contributed by atoms with van der Waals surface area (Å²) in [4.78, 5) is 12.2. The molecule has 2 amide bonds. The third-order valence-electron chi connectivity index (χ3n) is 3.83. The largest absolute Gasteiger partial charge is 0.330 e. The van der Waals surface area contributed by atoms with Crippen molar-refractivity contribution in [2.75, 3.05) is 5.32 Å². The van der Waals surface area contributed by atoms with Gasteiger partial charge in [0.1, 0.15) is 0 Å². The van der Waals surface area contributed by atoms with Crippen LogP contribution < -0.4 is 10.6 Å². The van der Waals surface area contributed by atoms with Crippen LogP contribution >= 0.6 is 0 Å². The highest BCUT2D eigenvalue weighted by molar-refractivity contribution is 5.90. The molecule has 3 N–H and O–H groups in total. The number of urea groups is 1. The van der Waals surface area contributed by atoms with Crippen LogP contribution in [0.1, 0.15) is 42.8 Å². The predicted octanol–water partition coefficient (Wildman–Crippen LogP) is 1.90. The maximum Gasteiger partial charge on any atom is 0.319 e. The molecule has 7 nitrogen and oxygen atoms in total. The van der Waals surface area contributed by atoms with Crippen molar-refractivity contribution < 1.29 is 4.79 Å². The smallest absolute Gasteiger partial charge is 0.319 e. The molecular formula is C14H20N6O. The minimum atomic E-state index is -0.204. The van der Waals surface area contributed by atoms with Gasteiger partial charge in [-0.05, 0) is 31.2 Å². The van der Waals surface area contributed by atoms with Gasteiger partial charge >= 0.3 is 6.03 Å². The molecule has 3 rings (SSSR count). The lowest BCUT2D eigenvalue weighted by atomic mass is 9.94. The average molecular weight is 288 g/mol. The average Bonchev–Trinajstić information content (AvgIpc) is 3.05. The van der Waals surface area contributed by atoms with Crippen molar-refractivity contribution >= 4 is 11.7 Å². The van der Waals surface area contributed by atoms with Crippen molar-refractivity contribution in [3.05, 3.63) is 29.3 Å². The van der Waals surface area contributed by atoms with Crippen molar-refractivity contribution in [3.63, 3.8) is 0 Å². The zero-order chi connectivity index (χ0) is 14.8.